The largest absolute Gasteiger partial charge is 0.494 e. The van der Waals surface area contributed by atoms with E-state index in [1.54, 1.807) is 12.0 Å². The van der Waals surface area contributed by atoms with Crippen LogP contribution in [0.1, 0.15) is 17.5 Å². The van der Waals surface area contributed by atoms with Crippen LogP contribution in [0.2, 0.25) is 0 Å². The van der Waals surface area contributed by atoms with Crippen LogP contribution in [0.4, 0.5) is 5.13 Å². The number of carbonyl (C=O) groups excluding carboxylic acids is 1. The molecular weight excluding hydrogens is 414 g/mol. The molecule has 1 amide bonds. The van der Waals surface area contributed by atoms with Gasteiger partial charge < -0.3 is 19.1 Å². The molecule has 0 bridgehead atoms. The Hall–Kier alpha value is -2.84. The number of amides is 1. The van der Waals surface area contributed by atoms with Gasteiger partial charge in [-0.15, -0.1) is 0 Å². The van der Waals surface area contributed by atoms with Crippen LogP contribution in [0, 0.1) is 6.92 Å². The van der Waals surface area contributed by atoms with Gasteiger partial charge in [0.25, 0.3) is 0 Å². The smallest absolute Gasteiger partial charge is 0.233 e. The maximum atomic E-state index is 13.4. The van der Waals surface area contributed by atoms with Crippen molar-refractivity contribution in [2.24, 2.45) is 0 Å². The van der Waals surface area contributed by atoms with Gasteiger partial charge in [-0.3, -0.25) is 9.69 Å². The monoisotopic (exact) mass is 441 g/mol. The van der Waals surface area contributed by atoms with Crippen LogP contribution in [0.3, 0.4) is 0 Å². The lowest BCUT2D eigenvalue weighted by molar-refractivity contribution is -0.118. The molecule has 1 aromatic heterocycles. The number of carbonyl (C=O) groups is 1. The zero-order valence-electron chi connectivity index (χ0n) is 18.3. The fraction of sp³-hybridized carbons (Fsp3) is 0.391. The third kappa shape index (κ3) is 4.60. The van der Waals surface area contributed by atoms with E-state index in [4.69, 9.17) is 19.2 Å². The molecule has 0 atom stereocenters. The van der Waals surface area contributed by atoms with Gasteiger partial charge in [0.15, 0.2) is 16.6 Å². The third-order valence-corrected chi connectivity index (χ3v) is 6.44. The summed E-state index contributed by atoms with van der Waals surface area (Å²) in [6.07, 6.45) is 1.12. The summed E-state index contributed by atoms with van der Waals surface area (Å²) >= 11 is 1.54. The van der Waals surface area contributed by atoms with Crippen LogP contribution in [0.5, 0.6) is 17.2 Å². The van der Waals surface area contributed by atoms with E-state index in [0.29, 0.717) is 23.2 Å². The molecule has 2 aromatic carbocycles. The van der Waals surface area contributed by atoms with Crippen molar-refractivity contribution in [1.29, 1.82) is 0 Å². The summed E-state index contributed by atoms with van der Waals surface area (Å²) in [4.78, 5) is 22.1. The van der Waals surface area contributed by atoms with Crippen LogP contribution in [0.15, 0.2) is 30.3 Å². The summed E-state index contributed by atoms with van der Waals surface area (Å²) in [5.41, 5.74) is 2.81. The van der Waals surface area contributed by atoms with E-state index < -0.39 is 0 Å². The molecule has 0 unspecified atom stereocenters. The van der Waals surface area contributed by atoms with Crippen molar-refractivity contribution < 1.29 is 19.0 Å². The predicted octanol–water partition coefficient (Wildman–Crippen LogP) is 3.87. The number of fused-ring (bicyclic) bond motifs is 2. The first-order valence-electron chi connectivity index (χ1n) is 10.2. The molecule has 31 heavy (non-hydrogen) atoms. The first-order chi connectivity index (χ1) is 15.0. The molecular formula is C23H27N3O4S. The van der Waals surface area contributed by atoms with E-state index in [-0.39, 0.29) is 19.1 Å². The zero-order chi connectivity index (χ0) is 22.0. The minimum atomic E-state index is 0.00768. The van der Waals surface area contributed by atoms with E-state index in [2.05, 4.69) is 11.8 Å². The molecule has 1 aliphatic heterocycles. The molecule has 0 fully saturated rings. The Morgan fingerprint density at radius 1 is 1.16 bits per heavy atom. The maximum absolute atomic E-state index is 13.4. The van der Waals surface area contributed by atoms with Crippen molar-refractivity contribution >= 4 is 32.6 Å². The minimum absolute atomic E-state index is 0.00768. The number of methoxy groups -OCH3 is 1. The second kappa shape index (κ2) is 9.11. The van der Waals surface area contributed by atoms with Gasteiger partial charge in [0, 0.05) is 6.54 Å². The van der Waals surface area contributed by atoms with E-state index >= 15 is 0 Å². The second-order valence-electron chi connectivity index (χ2n) is 7.83. The molecule has 3 aromatic rings. The number of hydrogen-bond donors (Lipinski definition) is 0. The lowest BCUT2D eigenvalue weighted by atomic mass is 10.1. The third-order valence-electron chi connectivity index (χ3n) is 5.22. The standard InChI is InChI=1S/C23H27N3O4S/c1-15-6-8-18(28-4)21-22(15)31-23(24-21)26(11-5-10-25(2)3)20(27)13-16-7-9-17-19(12-16)30-14-29-17/h6-9,12H,5,10-11,13-14H2,1-4H3. The minimum Gasteiger partial charge on any atom is -0.494 e. The Bertz CT molecular complexity index is 1100. The van der Waals surface area contributed by atoms with Crippen LogP contribution in [-0.2, 0) is 11.2 Å². The highest BCUT2D eigenvalue weighted by atomic mass is 32.1. The van der Waals surface area contributed by atoms with Crippen LogP contribution in [0.25, 0.3) is 10.2 Å². The molecule has 0 aliphatic carbocycles. The van der Waals surface area contributed by atoms with Crippen LogP contribution >= 0.6 is 11.3 Å². The molecule has 0 radical (unpaired) electrons. The molecule has 1 aliphatic rings. The Morgan fingerprint density at radius 3 is 2.74 bits per heavy atom. The molecule has 0 saturated heterocycles. The second-order valence-corrected chi connectivity index (χ2v) is 8.80. The number of rotatable bonds is 8. The number of ether oxygens (including phenoxy) is 3. The predicted molar refractivity (Wildman–Crippen MR) is 123 cm³/mol. The van der Waals surface area contributed by atoms with Gasteiger partial charge in [0.2, 0.25) is 12.7 Å². The van der Waals surface area contributed by atoms with E-state index in [1.165, 1.54) is 11.3 Å². The SMILES string of the molecule is COc1ccc(C)c2sc(N(CCCN(C)C)C(=O)Cc3ccc4c(c3)OCO4)nc12. The number of hydrogen-bond acceptors (Lipinski definition) is 7. The Morgan fingerprint density at radius 2 is 1.97 bits per heavy atom. The molecule has 0 saturated carbocycles. The number of thiazole rings is 1. The summed E-state index contributed by atoms with van der Waals surface area (Å²) in [6.45, 7) is 3.76. The van der Waals surface area contributed by atoms with Crippen molar-refractivity contribution in [2.75, 3.05) is 46.0 Å². The first-order valence-corrected chi connectivity index (χ1v) is 11.1. The quantitative estimate of drug-likeness (QED) is 0.529. The molecule has 164 valence electrons. The van der Waals surface area contributed by atoms with Gasteiger partial charge in [-0.25, -0.2) is 4.98 Å². The van der Waals surface area contributed by atoms with Crippen molar-refractivity contribution in [2.45, 2.75) is 19.8 Å². The summed E-state index contributed by atoms with van der Waals surface area (Å²) < 4.78 is 17.4. The van der Waals surface area contributed by atoms with Gasteiger partial charge in [-0.05, 0) is 63.3 Å². The Balaban J connectivity index is 1.63. The van der Waals surface area contributed by atoms with E-state index in [0.717, 1.165) is 40.1 Å². The number of nitrogens with zero attached hydrogens (tertiary/aromatic N) is 3. The van der Waals surface area contributed by atoms with Gasteiger partial charge in [-0.1, -0.05) is 23.5 Å². The van der Waals surface area contributed by atoms with Crippen LogP contribution in [-0.4, -0.2) is 56.9 Å². The summed E-state index contributed by atoms with van der Waals surface area (Å²) in [6, 6.07) is 9.59. The first kappa shape index (κ1) is 21.4. The molecule has 0 spiro atoms. The lowest BCUT2D eigenvalue weighted by Crippen LogP contribution is -2.34. The molecule has 4 rings (SSSR count). The van der Waals surface area contributed by atoms with Crippen LogP contribution < -0.4 is 19.1 Å². The van der Waals surface area contributed by atoms with Gasteiger partial charge >= 0.3 is 0 Å². The average Bonchev–Trinajstić information content (AvgIpc) is 3.38. The fourth-order valence-electron chi connectivity index (χ4n) is 3.57. The van der Waals surface area contributed by atoms with Gasteiger partial charge in [0.05, 0.1) is 18.2 Å². The normalized spacial score (nSPS) is 12.5. The van der Waals surface area contributed by atoms with E-state index in [1.807, 2.05) is 44.4 Å². The highest BCUT2D eigenvalue weighted by molar-refractivity contribution is 7.22. The fourth-order valence-corrected chi connectivity index (χ4v) is 4.67. The van der Waals surface area contributed by atoms with Crippen molar-refractivity contribution in [3.8, 4) is 17.2 Å². The highest BCUT2D eigenvalue weighted by Crippen LogP contribution is 2.37. The molecule has 8 heteroatoms. The van der Waals surface area contributed by atoms with Crippen molar-refractivity contribution in [1.82, 2.24) is 9.88 Å². The zero-order valence-corrected chi connectivity index (χ0v) is 19.1. The topological polar surface area (TPSA) is 64.1 Å². The Kier molecular flexibility index (Phi) is 6.29. The number of aryl methyl sites for hydroxylation is 1. The maximum Gasteiger partial charge on any atom is 0.233 e. The van der Waals surface area contributed by atoms with Gasteiger partial charge in [-0.2, -0.15) is 0 Å². The Labute approximate surface area is 186 Å². The average molecular weight is 442 g/mol. The lowest BCUT2D eigenvalue weighted by Gasteiger charge is -2.21. The number of aromatic nitrogens is 1. The van der Waals surface area contributed by atoms with Crippen molar-refractivity contribution in [3.63, 3.8) is 0 Å². The van der Waals surface area contributed by atoms with E-state index in [9.17, 15) is 4.79 Å². The number of anilines is 1. The molecule has 2 heterocycles. The van der Waals surface area contributed by atoms with Gasteiger partial charge in [0.1, 0.15) is 11.3 Å². The van der Waals surface area contributed by atoms with Crippen molar-refractivity contribution in [3.05, 3.63) is 41.5 Å². The summed E-state index contributed by atoms with van der Waals surface area (Å²) in [5, 5.41) is 0.701. The highest BCUT2D eigenvalue weighted by Gasteiger charge is 2.23. The summed E-state index contributed by atoms with van der Waals surface area (Å²) in [5.74, 6) is 2.13. The summed E-state index contributed by atoms with van der Waals surface area (Å²) in [7, 11) is 5.71. The molecule has 7 nitrogen and oxygen atoms in total. The number of benzene rings is 2. The molecule has 0 N–H and O–H groups in total.